The highest BCUT2D eigenvalue weighted by atomic mass is 32.2. The number of hydrogen-bond acceptors (Lipinski definition) is 8. The van der Waals surface area contributed by atoms with Crippen molar-refractivity contribution in [3.8, 4) is 0 Å². The van der Waals surface area contributed by atoms with Crippen molar-refractivity contribution >= 4 is 51.4 Å². The second kappa shape index (κ2) is 10.9. The molecule has 3 heterocycles. The third-order valence-electron chi connectivity index (χ3n) is 8.58. The van der Waals surface area contributed by atoms with E-state index in [4.69, 9.17) is 9.97 Å². The first-order valence-electron chi connectivity index (χ1n) is 14.3. The fourth-order valence-electron chi connectivity index (χ4n) is 6.08. The Bertz CT molecular complexity index is 1380. The maximum atomic E-state index is 13.8. The molecule has 0 bridgehead atoms. The highest BCUT2D eigenvalue weighted by Gasteiger charge is 2.44. The summed E-state index contributed by atoms with van der Waals surface area (Å²) in [7, 11) is 0. The van der Waals surface area contributed by atoms with E-state index in [1.807, 2.05) is 30.9 Å². The van der Waals surface area contributed by atoms with Crippen LogP contribution in [-0.4, -0.2) is 59.5 Å². The topological polar surface area (TPSA) is 76.5 Å². The van der Waals surface area contributed by atoms with Gasteiger partial charge < -0.3 is 24.9 Å². The molecule has 40 heavy (non-hydrogen) atoms. The van der Waals surface area contributed by atoms with Crippen LogP contribution in [0.4, 0.5) is 37.3 Å². The van der Waals surface area contributed by atoms with E-state index in [1.54, 1.807) is 0 Å². The summed E-state index contributed by atoms with van der Waals surface area (Å²) < 4.78 is 31.0. The van der Waals surface area contributed by atoms with E-state index in [1.165, 1.54) is 37.6 Å². The van der Waals surface area contributed by atoms with Crippen LogP contribution in [0.25, 0.3) is 10.9 Å². The molecule has 6 rings (SSSR count). The number of anilines is 5. The molecule has 1 aliphatic carbocycles. The molecule has 1 aromatic heterocycles. The molecular formula is C30H38F2N6OS. The minimum Gasteiger partial charge on any atom is -0.395 e. The van der Waals surface area contributed by atoms with E-state index in [0.29, 0.717) is 30.1 Å². The molecule has 214 valence electrons. The van der Waals surface area contributed by atoms with Crippen molar-refractivity contribution in [2.45, 2.75) is 58.3 Å². The molecular weight excluding hydrogens is 530 g/mol. The lowest BCUT2D eigenvalue weighted by atomic mass is 9.93. The largest absolute Gasteiger partial charge is 0.395 e. The summed E-state index contributed by atoms with van der Waals surface area (Å²) >= 11 is 1.48. The van der Waals surface area contributed by atoms with Crippen molar-refractivity contribution in [2.24, 2.45) is 5.41 Å². The summed E-state index contributed by atoms with van der Waals surface area (Å²) in [6.45, 7) is 6.74. The lowest BCUT2D eigenvalue weighted by Crippen LogP contribution is -2.39. The van der Waals surface area contributed by atoms with Gasteiger partial charge in [0.2, 0.25) is 0 Å². The van der Waals surface area contributed by atoms with Crippen LogP contribution in [0.5, 0.6) is 0 Å². The normalized spacial score (nSPS) is 19.7. The summed E-state index contributed by atoms with van der Waals surface area (Å²) in [5.74, 6) is -0.560. The summed E-state index contributed by atoms with van der Waals surface area (Å²) in [5, 5.41) is 13.8. The van der Waals surface area contributed by atoms with E-state index < -0.39 is 5.92 Å². The zero-order valence-corrected chi connectivity index (χ0v) is 24.1. The van der Waals surface area contributed by atoms with Gasteiger partial charge in [0.05, 0.1) is 23.2 Å². The average molecular weight is 569 g/mol. The van der Waals surface area contributed by atoms with Crippen molar-refractivity contribution in [2.75, 3.05) is 58.4 Å². The number of rotatable bonds is 8. The van der Waals surface area contributed by atoms with Gasteiger partial charge in [0.15, 0.2) is 0 Å². The SMILES string of the molecule is Cc1cc(Nc2nc(C)nc3cc(NSCCO)cc(N4CCC5(CC4)CC5)c23)cc(N2CCC(F)(F)CC2)c1. The molecule has 3 aliphatic rings. The van der Waals surface area contributed by atoms with E-state index in [9.17, 15) is 13.9 Å². The summed E-state index contributed by atoms with van der Waals surface area (Å²) in [6, 6.07) is 10.4. The standard InChI is InChI=1S/C30H38F2N6OS/c1-20-15-22(17-24(16-20)37-11-7-30(31,32)8-12-37)35-28-27-25(33-21(2)34-28)18-23(36-40-14-13-39)19-26(27)38-9-5-29(3-4-29)6-10-38/h15-19,36,39H,3-14H2,1-2H3,(H,33,34,35). The molecule has 7 nitrogen and oxygen atoms in total. The smallest absolute Gasteiger partial charge is 0.251 e. The van der Waals surface area contributed by atoms with Crippen LogP contribution < -0.4 is 19.8 Å². The van der Waals surface area contributed by atoms with E-state index >= 15 is 0 Å². The number of fused-ring (bicyclic) bond motifs is 1. The van der Waals surface area contributed by atoms with Crippen LogP contribution in [-0.2, 0) is 0 Å². The number of aryl methyl sites for hydroxylation is 2. The predicted octanol–water partition coefficient (Wildman–Crippen LogP) is 6.66. The Kier molecular flexibility index (Phi) is 7.41. The zero-order chi connectivity index (χ0) is 27.9. The number of nitrogens with zero attached hydrogens (tertiary/aromatic N) is 4. The van der Waals surface area contributed by atoms with Crippen molar-refractivity contribution in [3.63, 3.8) is 0 Å². The van der Waals surface area contributed by atoms with Gasteiger partial charge in [-0.3, -0.25) is 0 Å². The second-order valence-corrected chi connectivity index (χ2v) is 12.6. The minimum absolute atomic E-state index is 0.111. The molecule has 2 aliphatic heterocycles. The first kappa shape index (κ1) is 27.3. The zero-order valence-electron chi connectivity index (χ0n) is 23.3. The molecule has 1 saturated carbocycles. The van der Waals surface area contributed by atoms with E-state index in [0.717, 1.165) is 58.1 Å². The Morgan fingerprint density at radius 2 is 1.60 bits per heavy atom. The fourth-order valence-corrected chi connectivity index (χ4v) is 6.56. The van der Waals surface area contributed by atoms with Crippen LogP contribution in [0.15, 0.2) is 30.3 Å². The summed E-state index contributed by atoms with van der Waals surface area (Å²) in [6.07, 6.45) is 4.87. The van der Waals surface area contributed by atoms with E-state index in [-0.39, 0.29) is 19.4 Å². The summed E-state index contributed by atoms with van der Waals surface area (Å²) in [4.78, 5) is 14.2. The van der Waals surface area contributed by atoms with Crippen LogP contribution in [0.1, 0.15) is 49.9 Å². The van der Waals surface area contributed by atoms with Crippen LogP contribution in [0, 0.1) is 19.3 Å². The molecule has 0 atom stereocenters. The first-order valence-corrected chi connectivity index (χ1v) is 15.3. The fraction of sp³-hybridized carbons (Fsp3) is 0.533. The lowest BCUT2D eigenvalue weighted by molar-refractivity contribution is -0.0220. The van der Waals surface area contributed by atoms with Gasteiger partial charge in [-0.25, -0.2) is 18.7 Å². The Morgan fingerprint density at radius 3 is 2.30 bits per heavy atom. The van der Waals surface area contributed by atoms with Gasteiger partial charge in [-0.1, -0.05) is 11.9 Å². The molecule has 1 spiro atoms. The number of hydrogen-bond donors (Lipinski definition) is 3. The molecule has 2 aromatic carbocycles. The number of aromatic nitrogens is 2. The monoisotopic (exact) mass is 568 g/mol. The quantitative estimate of drug-likeness (QED) is 0.206. The number of halogens is 2. The lowest BCUT2D eigenvalue weighted by Gasteiger charge is -2.35. The van der Waals surface area contributed by atoms with Gasteiger partial charge >= 0.3 is 0 Å². The molecule has 0 radical (unpaired) electrons. The van der Waals surface area contributed by atoms with Gasteiger partial charge in [-0.2, -0.15) is 0 Å². The van der Waals surface area contributed by atoms with Crippen molar-refractivity contribution in [3.05, 3.63) is 41.7 Å². The third-order valence-corrected chi connectivity index (χ3v) is 9.35. The molecule has 3 fully saturated rings. The highest BCUT2D eigenvalue weighted by Crippen LogP contribution is 2.54. The molecule has 0 unspecified atom stereocenters. The molecule has 10 heteroatoms. The number of aliphatic hydroxyl groups is 1. The van der Waals surface area contributed by atoms with Gasteiger partial charge in [0.25, 0.3) is 5.92 Å². The average Bonchev–Trinajstić information content (AvgIpc) is 3.66. The predicted molar refractivity (Wildman–Crippen MR) is 161 cm³/mol. The minimum atomic E-state index is -2.58. The highest BCUT2D eigenvalue weighted by molar-refractivity contribution is 8.00. The Morgan fingerprint density at radius 1 is 0.875 bits per heavy atom. The van der Waals surface area contributed by atoms with Gasteiger partial charge in [0, 0.05) is 61.8 Å². The Balaban J connectivity index is 1.36. The van der Waals surface area contributed by atoms with Gasteiger partial charge in [-0.05, 0) is 80.8 Å². The number of nitrogens with one attached hydrogen (secondary N) is 2. The van der Waals surface area contributed by atoms with Crippen LogP contribution in [0.2, 0.25) is 0 Å². The van der Waals surface area contributed by atoms with Crippen LogP contribution in [0.3, 0.4) is 0 Å². The van der Waals surface area contributed by atoms with Crippen molar-refractivity contribution in [1.82, 2.24) is 9.97 Å². The summed E-state index contributed by atoms with van der Waals surface area (Å²) in [5.41, 5.74) is 6.37. The Labute approximate surface area is 238 Å². The second-order valence-electron chi connectivity index (χ2n) is 11.7. The number of benzene rings is 2. The maximum absolute atomic E-state index is 13.8. The maximum Gasteiger partial charge on any atom is 0.251 e. The van der Waals surface area contributed by atoms with E-state index in [2.05, 4.69) is 33.1 Å². The number of aliphatic hydroxyl groups excluding tert-OH is 1. The first-order chi connectivity index (χ1) is 19.2. The Hall–Kier alpha value is -2.85. The molecule has 3 N–H and O–H groups in total. The molecule has 3 aromatic rings. The van der Waals surface area contributed by atoms with Gasteiger partial charge in [-0.15, -0.1) is 0 Å². The molecule has 0 amide bonds. The van der Waals surface area contributed by atoms with Gasteiger partial charge in [0.1, 0.15) is 11.6 Å². The van der Waals surface area contributed by atoms with Crippen molar-refractivity contribution < 1.29 is 13.9 Å². The van der Waals surface area contributed by atoms with Crippen molar-refractivity contribution in [1.29, 1.82) is 0 Å². The third kappa shape index (κ3) is 5.93. The van der Waals surface area contributed by atoms with Crippen LogP contribution >= 0.6 is 11.9 Å². The molecule has 2 saturated heterocycles. The number of alkyl halides is 2. The number of piperidine rings is 2.